The summed E-state index contributed by atoms with van der Waals surface area (Å²) < 4.78 is 11.7. The Morgan fingerprint density at radius 3 is 2.61 bits per heavy atom. The number of benzene rings is 1. The van der Waals surface area contributed by atoms with Crippen molar-refractivity contribution >= 4 is 15.9 Å². The number of nitrogens with zero attached hydrogens (tertiary/aromatic N) is 1. The molecule has 2 rings (SSSR count). The smallest absolute Gasteiger partial charge is 0.219 e. The number of ether oxygens (including phenoxy) is 2. The van der Waals surface area contributed by atoms with E-state index in [9.17, 15) is 0 Å². The van der Waals surface area contributed by atoms with Gasteiger partial charge in [-0.15, -0.1) is 0 Å². The molecular formula is C13H13BrN2O2. The zero-order valence-corrected chi connectivity index (χ0v) is 11.5. The van der Waals surface area contributed by atoms with E-state index >= 15 is 0 Å². The fraction of sp³-hybridized carbons (Fsp3) is 0.154. The number of pyridine rings is 1. The molecule has 0 amide bonds. The predicted octanol–water partition coefficient (Wildman–Crippen LogP) is 3.10. The van der Waals surface area contributed by atoms with Gasteiger partial charge in [0.1, 0.15) is 11.5 Å². The van der Waals surface area contributed by atoms with Gasteiger partial charge in [-0.3, -0.25) is 0 Å². The number of aromatic nitrogens is 1. The summed E-state index contributed by atoms with van der Waals surface area (Å²) >= 11 is 3.32. The van der Waals surface area contributed by atoms with Crippen LogP contribution in [0.2, 0.25) is 0 Å². The minimum Gasteiger partial charge on any atom is -0.497 e. The monoisotopic (exact) mass is 308 g/mol. The van der Waals surface area contributed by atoms with Crippen molar-refractivity contribution in [2.75, 3.05) is 7.11 Å². The van der Waals surface area contributed by atoms with Gasteiger partial charge in [0, 0.05) is 29.3 Å². The van der Waals surface area contributed by atoms with E-state index in [4.69, 9.17) is 15.2 Å². The molecule has 0 saturated carbocycles. The molecule has 0 spiro atoms. The number of halogens is 1. The zero-order valence-electron chi connectivity index (χ0n) is 9.89. The Labute approximate surface area is 114 Å². The maximum Gasteiger partial charge on any atom is 0.219 e. The third-order valence-electron chi connectivity index (χ3n) is 2.33. The number of nitrogens with two attached hydrogens (primary N) is 1. The van der Waals surface area contributed by atoms with Crippen molar-refractivity contribution in [3.05, 3.63) is 46.6 Å². The van der Waals surface area contributed by atoms with Gasteiger partial charge in [0.15, 0.2) is 0 Å². The van der Waals surface area contributed by atoms with Crippen molar-refractivity contribution in [1.29, 1.82) is 0 Å². The van der Waals surface area contributed by atoms with Gasteiger partial charge in [-0.25, -0.2) is 4.98 Å². The van der Waals surface area contributed by atoms with Crippen molar-refractivity contribution in [2.45, 2.75) is 6.54 Å². The van der Waals surface area contributed by atoms with Gasteiger partial charge in [-0.05, 0) is 39.7 Å². The quantitative estimate of drug-likeness (QED) is 0.943. The zero-order chi connectivity index (χ0) is 13.0. The largest absolute Gasteiger partial charge is 0.497 e. The minimum atomic E-state index is 0.432. The Bertz CT molecular complexity index is 507. The Balaban J connectivity index is 2.25. The molecule has 0 aliphatic rings. The average Bonchev–Trinajstić information content (AvgIpc) is 2.41. The van der Waals surface area contributed by atoms with Crippen molar-refractivity contribution in [3.8, 4) is 17.4 Å². The van der Waals surface area contributed by atoms with Gasteiger partial charge in [0.25, 0.3) is 0 Å². The summed E-state index contributed by atoms with van der Waals surface area (Å²) in [4.78, 5) is 4.14. The second-order valence-corrected chi connectivity index (χ2v) is 4.55. The molecule has 0 bridgehead atoms. The molecule has 5 heteroatoms. The Kier molecular flexibility index (Phi) is 4.17. The Hall–Kier alpha value is -1.59. The number of rotatable bonds is 4. The fourth-order valence-electron chi connectivity index (χ4n) is 1.47. The van der Waals surface area contributed by atoms with Crippen molar-refractivity contribution in [3.63, 3.8) is 0 Å². The third kappa shape index (κ3) is 3.21. The molecule has 0 fully saturated rings. The first-order valence-electron chi connectivity index (χ1n) is 5.38. The first-order chi connectivity index (χ1) is 8.71. The van der Waals surface area contributed by atoms with Crippen LogP contribution in [0.15, 0.2) is 41.0 Å². The molecule has 1 aromatic heterocycles. The fourth-order valence-corrected chi connectivity index (χ4v) is 1.70. The van der Waals surface area contributed by atoms with Crippen LogP contribution >= 0.6 is 15.9 Å². The molecule has 18 heavy (non-hydrogen) atoms. The van der Waals surface area contributed by atoms with Crippen LogP contribution in [-0.2, 0) is 6.54 Å². The first-order valence-corrected chi connectivity index (χ1v) is 6.18. The molecule has 0 atom stereocenters. The van der Waals surface area contributed by atoms with Gasteiger partial charge < -0.3 is 15.2 Å². The number of methoxy groups -OCH3 is 1. The predicted molar refractivity (Wildman–Crippen MR) is 72.9 cm³/mol. The van der Waals surface area contributed by atoms with Crippen LogP contribution in [0, 0.1) is 0 Å². The lowest BCUT2D eigenvalue weighted by Gasteiger charge is -2.09. The highest BCUT2D eigenvalue weighted by molar-refractivity contribution is 9.10. The maximum absolute atomic E-state index is 5.65. The van der Waals surface area contributed by atoms with Crippen LogP contribution in [0.25, 0.3) is 0 Å². The highest BCUT2D eigenvalue weighted by Crippen LogP contribution is 2.26. The van der Waals surface area contributed by atoms with Crippen molar-refractivity contribution in [1.82, 2.24) is 4.98 Å². The topological polar surface area (TPSA) is 57.4 Å². The van der Waals surface area contributed by atoms with Crippen molar-refractivity contribution in [2.24, 2.45) is 5.73 Å². The number of hydrogen-bond acceptors (Lipinski definition) is 4. The lowest BCUT2D eigenvalue weighted by atomic mass is 10.2. The van der Waals surface area contributed by atoms with Gasteiger partial charge in [0.2, 0.25) is 5.88 Å². The highest BCUT2D eigenvalue weighted by atomic mass is 79.9. The molecular weight excluding hydrogens is 296 g/mol. The summed E-state index contributed by atoms with van der Waals surface area (Å²) in [5.74, 6) is 1.89. The minimum absolute atomic E-state index is 0.432. The van der Waals surface area contributed by atoms with Crippen LogP contribution < -0.4 is 15.2 Å². The van der Waals surface area contributed by atoms with E-state index in [1.54, 1.807) is 25.4 Å². The van der Waals surface area contributed by atoms with Gasteiger partial charge in [0.05, 0.1) is 7.11 Å². The maximum atomic E-state index is 5.65. The van der Waals surface area contributed by atoms with E-state index in [1.165, 1.54) is 0 Å². The summed E-state index contributed by atoms with van der Waals surface area (Å²) in [6.07, 6.45) is 1.68. The molecule has 0 aliphatic heterocycles. The van der Waals surface area contributed by atoms with E-state index in [2.05, 4.69) is 20.9 Å². The second-order valence-electron chi connectivity index (χ2n) is 3.64. The highest BCUT2D eigenvalue weighted by Gasteiger charge is 2.03. The van der Waals surface area contributed by atoms with Crippen LogP contribution in [0.1, 0.15) is 5.56 Å². The van der Waals surface area contributed by atoms with Crippen LogP contribution in [0.5, 0.6) is 17.4 Å². The molecule has 1 heterocycles. The molecule has 1 aromatic carbocycles. The number of hydrogen-bond donors (Lipinski definition) is 1. The molecule has 4 nitrogen and oxygen atoms in total. The molecule has 94 valence electrons. The van der Waals surface area contributed by atoms with Crippen LogP contribution in [0.4, 0.5) is 0 Å². The summed E-state index contributed by atoms with van der Waals surface area (Å²) in [5, 5.41) is 0. The molecule has 0 radical (unpaired) electrons. The summed E-state index contributed by atoms with van der Waals surface area (Å²) in [6, 6.07) is 9.19. The van der Waals surface area contributed by atoms with Gasteiger partial charge in [-0.2, -0.15) is 0 Å². The molecule has 0 unspecified atom stereocenters. The van der Waals surface area contributed by atoms with Crippen molar-refractivity contribution < 1.29 is 9.47 Å². The summed E-state index contributed by atoms with van der Waals surface area (Å²) in [6.45, 7) is 0.432. The van der Waals surface area contributed by atoms with Crippen LogP contribution in [-0.4, -0.2) is 12.1 Å². The standard InChI is InChI=1S/C13H13BrN2O2/c1-17-11-4-9(7-15)5-12(6-11)18-13-3-2-10(14)8-16-13/h2-6,8H,7,15H2,1H3. The molecule has 0 aliphatic carbocycles. The lowest BCUT2D eigenvalue weighted by Crippen LogP contribution is -1.98. The Morgan fingerprint density at radius 2 is 2.00 bits per heavy atom. The first kappa shape index (κ1) is 12.9. The SMILES string of the molecule is COc1cc(CN)cc(Oc2ccc(Br)cn2)c1. The molecule has 2 N–H and O–H groups in total. The van der Waals surface area contributed by atoms with E-state index in [1.807, 2.05) is 18.2 Å². The molecule has 0 saturated heterocycles. The average molecular weight is 309 g/mol. The molecule has 2 aromatic rings. The van der Waals surface area contributed by atoms with E-state index in [0.717, 1.165) is 10.0 Å². The second kappa shape index (κ2) is 5.84. The lowest BCUT2D eigenvalue weighted by molar-refractivity contribution is 0.406. The summed E-state index contributed by atoms with van der Waals surface area (Å²) in [5.41, 5.74) is 6.57. The normalized spacial score (nSPS) is 10.2. The van der Waals surface area contributed by atoms with Gasteiger partial charge >= 0.3 is 0 Å². The van der Waals surface area contributed by atoms with Gasteiger partial charge in [-0.1, -0.05) is 0 Å². The van der Waals surface area contributed by atoms with E-state index in [-0.39, 0.29) is 0 Å². The van der Waals surface area contributed by atoms with E-state index in [0.29, 0.717) is 23.9 Å². The van der Waals surface area contributed by atoms with Crippen LogP contribution in [0.3, 0.4) is 0 Å². The Morgan fingerprint density at radius 1 is 1.22 bits per heavy atom. The van der Waals surface area contributed by atoms with E-state index < -0.39 is 0 Å². The summed E-state index contributed by atoms with van der Waals surface area (Å²) in [7, 11) is 1.61. The third-order valence-corrected chi connectivity index (χ3v) is 2.80.